The van der Waals surface area contributed by atoms with Gasteiger partial charge in [0.1, 0.15) is 18.4 Å². The molecule has 0 atom stereocenters. The summed E-state index contributed by atoms with van der Waals surface area (Å²) < 4.78 is 5.68. The minimum Gasteiger partial charge on any atom is -0.488 e. The number of hydrogen-bond donors (Lipinski definition) is 1. The first-order valence-corrected chi connectivity index (χ1v) is 7.35. The number of aliphatic hydroxyl groups excluding tert-OH is 1. The number of aliphatic hydroxyl groups is 1. The van der Waals surface area contributed by atoms with Crippen molar-refractivity contribution in [3.63, 3.8) is 0 Å². The van der Waals surface area contributed by atoms with Crippen molar-refractivity contribution < 1.29 is 14.6 Å². The zero-order chi connectivity index (χ0) is 16.2. The molecule has 0 aliphatic carbocycles. The van der Waals surface area contributed by atoms with Crippen molar-refractivity contribution in [1.82, 2.24) is 4.90 Å². The number of carbonyl (C=O) groups is 1. The first-order chi connectivity index (χ1) is 11.2. The molecule has 116 valence electrons. The summed E-state index contributed by atoms with van der Waals surface area (Å²) in [5.41, 5.74) is 1.91. The lowest BCUT2D eigenvalue weighted by atomic mass is 10.1. The van der Waals surface area contributed by atoms with E-state index in [9.17, 15) is 9.90 Å². The predicted octanol–water partition coefficient (Wildman–Crippen LogP) is 1.95. The molecule has 0 bridgehead atoms. The SMILES string of the molecule is N#Cc1ccccc1OCc1cccc(C(=O)N2CC(O)C2)c1. The summed E-state index contributed by atoms with van der Waals surface area (Å²) in [7, 11) is 0. The average Bonchev–Trinajstić information content (AvgIpc) is 2.57. The van der Waals surface area contributed by atoms with Gasteiger partial charge in [-0.05, 0) is 29.8 Å². The Labute approximate surface area is 134 Å². The number of likely N-dealkylation sites (tertiary alicyclic amines) is 1. The molecule has 3 rings (SSSR count). The normalized spacial score (nSPS) is 14.0. The number of nitriles is 1. The smallest absolute Gasteiger partial charge is 0.254 e. The van der Waals surface area contributed by atoms with Crippen molar-refractivity contribution in [2.24, 2.45) is 0 Å². The second kappa shape index (κ2) is 6.51. The Morgan fingerprint density at radius 1 is 1.26 bits per heavy atom. The summed E-state index contributed by atoms with van der Waals surface area (Å²) in [6, 6.07) is 16.3. The van der Waals surface area contributed by atoms with Crippen LogP contribution in [-0.4, -0.2) is 35.1 Å². The molecule has 1 aliphatic rings. The van der Waals surface area contributed by atoms with Crippen molar-refractivity contribution >= 4 is 5.91 Å². The number of benzene rings is 2. The van der Waals surface area contributed by atoms with Gasteiger partial charge in [-0.3, -0.25) is 4.79 Å². The molecular formula is C18H16N2O3. The Hall–Kier alpha value is -2.84. The third-order valence-corrected chi connectivity index (χ3v) is 3.73. The van der Waals surface area contributed by atoms with E-state index in [-0.39, 0.29) is 12.5 Å². The van der Waals surface area contributed by atoms with Crippen molar-refractivity contribution in [3.05, 3.63) is 65.2 Å². The van der Waals surface area contributed by atoms with Crippen LogP contribution in [0.5, 0.6) is 5.75 Å². The Balaban J connectivity index is 1.68. The second-order valence-electron chi connectivity index (χ2n) is 5.46. The van der Waals surface area contributed by atoms with Gasteiger partial charge in [0.25, 0.3) is 5.91 Å². The van der Waals surface area contributed by atoms with Crippen LogP contribution in [0.1, 0.15) is 21.5 Å². The first kappa shape index (κ1) is 15.1. The highest BCUT2D eigenvalue weighted by Crippen LogP contribution is 2.19. The van der Waals surface area contributed by atoms with Gasteiger partial charge in [-0.25, -0.2) is 0 Å². The highest BCUT2D eigenvalue weighted by Gasteiger charge is 2.29. The lowest BCUT2D eigenvalue weighted by molar-refractivity contribution is 0.00588. The van der Waals surface area contributed by atoms with E-state index in [2.05, 4.69) is 6.07 Å². The van der Waals surface area contributed by atoms with E-state index in [1.165, 1.54) is 0 Å². The summed E-state index contributed by atoms with van der Waals surface area (Å²) in [6.07, 6.45) is -0.409. The fourth-order valence-electron chi connectivity index (χ4n) is 2.44. The van der Waals surface area contributed by atoms with Crippen LogP contribution >= 0.6 is 0 Å². The summed E-state index contributed by atoms with van der Waals surface area (Å²) in [5.74, 6) is 0.437. The third-order valence-electron chi connectivity index (χ3n) is 3.73. The maximum Gasteiger partial charge on any atom is 0.254 e. The van der Waals surface area contributed by atoms with E-state index in [4.69, 9.17) is 10.00 Å². The van der Waals surface area contributed by atoms with Gasteiger partial charge >= 0.3 is 0 Å². The van der Waals surface area contributed by atoms with E-state index < -0.39 is 6.10 Å². The van der Waals surface area contributed by atoms with E-state index in [0.717, 1.165) is 5.56 Å². The van der Waals surface area contributed by atoms with Gasteiger partial charge in [0.15, 0.2) is 0 Å². The zero-order valence-electron chi connectivity index (χ0n) is 12.5. The number of nitrogens with zero attached hydrogens (tertiary/aromatic N) is 2. The lowest BCUT2D eigenvalue weighted by Gasteiger charge is -2.35. The van der Waals surface area contributed by atoms with Crippen molar-refractivity contribution in [1.29, 1.82) is 5.26 Å². The molecule has 2 aromatic rings. The molecule has 1 aliphatic heterocycles. The van der Waals surface area contributed by atoms with Crippen LogP contribution in [0.4, 0.5) is 0 Å². The topological polar surface area (TPSA) is 73.6 Å². The lowest BCUT2D eigenvalue weighted by Crippen LogP contribution is -2.53. The van der Waals surface area contributed by atoms with Crippen LogP contribution in [0, 0.1) is 11.3 Å². The van der Waals surface area contributed by atoms with Gasteiger partial charge in [0, 0.05) is 18.7 Å². The molecule has 1 fully saturated rings. The molecule has 23 heavy (non-hydrogen) atoms. The van der Waals surface area contributed by atoms with E-state index in [1.54, 1.807) is 41.3 Å². The number of carbonyl (C=O) groups excluding carboxylic acids is 1. The van der Waals surface area contributed by atoms with Crippen molar-refractivity contribution in [3.8, 4) is 11.8 Å². The van der Waals surface area contributed by atoms with Crippen LogP contribution in [0.2, 0.25) is 0 Å². The van der Waals surface area contributed by atoms with Crippen molar-refractivity contribution in [2.75, 3.05) is 13.1 Å². The average molecular weight is 308 g/mol. The van der Waals surface area contributed by atoms with Gasteiger partial charge < -0.3 is 14.7 Å². The Bertz CT molecular complexity index is 761. The third kappa shape index (κ3) is 3.33. The van der Waals surface area contributed by atoms with Crippen LogP contribution < -0.4 is 4.74 Å². The highest BCUT2D eigenvalue weighted by molar-refractivity contribution is 5.95. The number of amides is 1. The zero-order valence-corrected chi connectivity index (χ0v) is 12.5. The van der Waals surface area contributed by atoms with Crippen LogP contribution in [0.3, 0.4) is 0 Å². The molecular weight excluding hydrogens is 292 g/mol. The molecule has 0 saturated carbocycles. The fourth-order valence-corrected chi connectivity index (χ4v) is 2.44. The van der Waals surface area contributed by atoms with Gasteiger partial charge in [0.2, 0.25) is 0 Å². The molecule has 1 saturated heterocycles. The standard InChI is InChI=1S/C18H16N2O3/c19-9-15-5-1-2-7-17(15)23-12-13-4-3-6-14(8-13)18(22)20-10-16(21)11-20/h1-8,16,21H,10-12H2. The number of hydrogen-bond acceptors (Lipinski definition) is 4. The van der Waals surface area contributed by atoms with Gasteiger partial charge in [0.05, 0.1) is 11.7 Å². The monoisotopic (exact) mass is 308 g/mol. The number of ether oxygens (including phenoxy) is 1. The van der Waals surface area contributed by atoms with E-state index in [1.807, 2.05) is 12.1 Å². The molecule has 1 heterocycles. The predicted molar refractivity (Wildman–Crippen MR) is 83.8 cm³/mol. The summed E-state index contributed by atoms with van der Waals surface area (Å²) in [4.78, 5) is 13.8. The van der Waals surface area contributed by atoms with Crippen LogP contribution in [0.15, 0.2) is 48.5 Å². The number of para-hydroxylation sites is 1. The largest absolute Gasteiger partial charge is 0.488 e. The second-order valence-corrected chi connectivity index (χ2v) is 5.46. The van der Waals surface area contributed by atoms with E-state index in [0.29, 0.717) is 30.0 Å². The molecule has 1 N–H and O–H groups in total. The molecule has 0 spiro atoms. The fraction of sp³-hybridized carbons (Fsp3) is 0.222. The molecule has 0 aromatic heterocycles. The minimum absolute atomic E-state index is 0.0884. The Kier molecular flexibility index (Phi) is 4.26. The molecule has 5 heteroatoms. The maximum atomic E-state index is 12.2. The highest BCUT2D eigenvalue weighted by atomic mass is 16.5. The molecule has 5 nitrogen and oxygen atoms in total. The Morgan fingerprint density at radius 2 is 2.04 bits per heavy atom. The summed E-state index contributed by atoms with van der Waals surface area (Å²) in [5, 5.41) is 18.3. The van der Waals surface area contributed by atoms with Gasteiger partial charge in [-0.1, -0.05) is 24.3 Å². The summed E-state index contributed by atoms with van der Waals surface area (Å²) >= 11 is 0. The maximum absolute atomic E-state index is 12.2. The van der Waals surface area contributed by atoms with Crippen LogP contribution in [-0.2, 0) is 6.61 Å². The summed E-state index contributed by atoms with van der Waals surface area (Å²) in [6.45, 7) is 1.05. The molecule has 0 unspecified atom stereocenters. The van der Waals surface area contributed by atoms with Gasteiger partial charge in [-0.15, -0.1) is 0 Å². The van der Waals surface area contributed by atoms with E-state index >= 15 is 0 Å². The van der Waals surface area contributed by atoms with Crippen molar-refractivity contribution in [2.45, 2.75) is 12.7 Å². The molecule has 1 amide bonds. The first-order valence-electron chi connectivity index (χ1n) is 7.35. The number of rotatable bonds is 4. The van der Waals surface area contributed by atoms with Gasteiger partial charge in [-0.2, -0.15) is 5.26 Å². The molecule has 0 radical (unpaired) electrons. The van der Waals surface area contributed by atoms with Crippen LogP contribution in [0.25, 0.3) is 0 Å². The molecule has 2 aromatic carbocycles. The quantitative estimate of drug-likeness (QED) is 0.937. The minimum atomic E-state index is -0.409. The number of β-amino-alcohol motifs (C(OH)–C–C–N with tert-alkyl or cyclic N) is 1. The Morgan fingerprint density at radius 3 is 2.78 bits per heavy atom.